The lowest BCUT2D eigenvalue weighted by atomic mass is 10.2. The zero-order valence-electron chi connectivity index (χ0n) is 12.3. The monoisotopic (exact) mass is 372 g/mol. The van der Waals surface area contributed by atoms with Gasteiger partial charge in [0.1, 0.15) is 18.1 Å². The normalized spacial score (nSPS) is 10.7. The second kappa shape index (κ2) is 7.18. The number of ether oxygens (including phenoxy) is 2. The Morgan fingerprint density at radius 2 is 2.14 bits per heavy atom. The summed E-state index contributed by atoms with van der Waals surface area (Å²) in [6.45, 7) is 2.51. The fourth-order valence-corrected chi connectivity index (χ4v) is 2.99. The van der Waals surface area contributed by atoms with Crippen LogP contribution in [0.25, 0.3) is 0 Å². The van der Waals surface area contributed by atoms with Crippen molar-refractivity contribution in [3.63, 3.8) is 0 Å². The van der Waals surface area contributed by atoms with Crippen LogP contribution in [0.4, 0.5) is 0 Å². The largest absolute Gasteiger partial charge is 0.497 e. The maximum atomic E-state index is 5.97. The molecule has 0 saturated heterocycles. The van der Waals surface area contributed by atoms with Gasteiger partial charge in [-0.25, -0.2) is 0 Å². The Kier molecular flexibility index (Phi) is 5.53. The molecule has 0 aliphatic rings. The molecule has 0 unspecified atom stereocenters. The highest BCUT2D eigenvalue weighted by Crippen LogP contribution is 2.28. The number of benzene rings is 1. The van der Waals surface area contributed by atoms with Gasteiger partial charge in [0.2, 0.25) is 0 Å². The van der Waals surface area contributed by atoms with Gasteiger partial charge in [-0.1, -0.05) is 6.92 Å². The highest BCUT2D eigenvalue weighted by atomic mass is 79.9. The predicted octanol–water partition coefficient (Wildman–Crippen LogP) is 4.07. The molecule has 4 nitrogen and oxygen atoms in total. The summed E-state index contributed by atoms with van der Waals surface area (Å²) in [6, 6.07) is 5.63. The number of halogens is 2. The van der Waals surface area contributed by atoms with Gasteiger partial charge in [-0.3, -0.25) is 4.68 Å². The van der Waals surface area contributed by atoms with Crippen LogP contribution in [0, 0.1) is 0 Å². The van der Waals surface area contributed by atoms with Crippen LogP contribution in [0.1, 0.15) is 23.9 Å². The van der Waals surface area contributed by atoms with Crippen LogP contribution in [0.5, 0.6) is 11.5 Å². The third-order valence-electron chi connectivity index (χ3n) is 3.28. The highest BCUT2D eigenvalue weighted by Gasteiger charge is 2.14. The molecule has 1 heterocycles. The van der Waals surface area contributed by atoms with Crippen LogP contribution < -0.4 is 9.47 Å². The molecule has 2 rings (SSSR count). The van der Waals surface area contributed by atoms with E-state index in [0.717, 1.165) is 39.3 Å². The van der Waals surface area contributed by atoms with Crippen molar-refractivity contribution in [1.82, 2.24) is 9.78 Å². The molecule has 0 aliphatic carbocycles. The standard InChI is InChI=1S/C15H18BrClN2O2/c1-4-12-15(16)13(19(2)18-12)9-21-14-6-5-11(20-3)7-10(14)8-17/h5-7H,4,8-9H2,1-3H3. The van der Waals surface area contributed by atoms with Crippen LogP contribution in [0.2, 0.25) is 0 Å². The lowest BCUT2D eigenvalue weighted by molar-refractivity contribution is 0.291. The number of hydrogen-bond donors (Lipinski definition) is 0. The van der Waals surface area contributed by atoms with E-state index >= 15 is 0 Å². The average Bonchev–Trinajstić information content (AvgIpc) is 2.79. The van der Waals surface area contributed by atoms with Gasteiger partial charge in [0.25, 0.3) is 0 Å². The van der Waals surface area contributed by atoms with Gasteiger partial charge in [-0.15, -0.1) is 11.6 Å². The molecule has 0 atom stereocenters. The summed E-state index contributed by atoms with van der Waals surface area (Å²) in [5, 5.41) is 4.45. The molecule has 1 aromatic carbocycles. The molecule has 0 spiro atoms. The van der Waals surface area contributed by atoms with Gasteiger partial charge in [0, 0.05) is 12.6 Å². The lowest BCUT2D eigenvalue weighted by Crippen LogP contribution is -2.04. The summed E-state index contributed by atoms with van der Waals surface area (Å²) in [5.41, 5.74) is 2.94. The fourth-order valence-electron chi connectivity index (χ4n) is 2.05. The second-order valence-electron chi connectivity index (χ2n) is 4.58. The van der Waals surface area contributed by atoms with Crippen molar-refractivity contribution in [3.05, 3.63) is 39.6 Å². The zero-order chi connectivity index (χ0) is 15.4. The summed E-state index contributed by atoms with van der Waals surface area (Å²) in [7, 11) is 3.55. The van der Waals surface area contributed by atoms with E-state index in [2.05, 4.69) is 28.0 Å². The van der Waals surface area contributed by atoms with Crippen molar-refractivity contribution >= 4 is 27.5 Å². The van der Waals surface area contributed by atoms with Crippen molar-refractivity contribution in [2.75, 3.05) is 7.11 Å². The van der Waals surface area contributed by atoms with Crippen LogP contribution in [-0.4, -0.2) is 16.9 Å². The van der Waals surface area contributed by atoms with Crippen LogP contribution >= 0.6 is 27.5 Å². The number of aryl methyl sites for hydroxylation is 2. The van der Waals surface area contributed by atoms with Crippen molar-refractivity contribution in [2.24, 2.45) is 7.05 Å². The molecule has 0 aliphatic heterocycles. The zero-order valence-corrected chi connectivity index (χ0v) is 14.7. The molecule has 114 valence electrons. The maximum Gasteiger partial charge on any atom is 0.131 e. The number of aromatic nitrogens is 2. The van der Waals surface area contributed by atoms with Crippen LogP contribution in [-0.2, 0) is 26.0 Å². The molecule has 0 saturated carbocycles. The van der Waals surface area contributed by atoms with E-state index in [0.29, 0.717) is 12.5 Å². The average molecular weight is 374 g/mol. The van der Waals surface area contributed by atoms with Crippen molar-refractivity contribution in [2.45, 2.75) is 25.8 Å². The smallest absolute Gasteiger partial charge is 0.131 e. The van der Waals surface area contributed by atoms with Gasteiger partial charge in [-0.05, 0) is 40.5 Å². The molecule has 0 bridgehead atoms. The third kappa shape index (κ3) is 3.52. The minimum atomic E-state index is 0.374. The Hall–Kier alpha value is -1.20. The molecule has 0 N–H and O–H groups in total. The third-order valence-corrected chi connectivity index (χ3v) is 4.48. The van der Waals surface area contributed by atoms with Gasteiger partial charge in [-0.2, -0.15) is 5.10 Å². The SMILES string of the molecule is CCc1nn(C)c(COc2ccc(OC)cc2CCl)c1Br. The van der Waals surface area contributed by atoms with E-state index in [1.807, 2.05) is 29.9 Å². The minimum absolute atomic E-state index is 0.374. The van der Waals surface area contributed by atoms with E-state index in [1.54, 1.807) is 7.11 Å². The van der Waals surface area contributed by atoms with Crippen molar-refractivity contribution in [3.8, 4) is 11.5 Å². The quantitative estimate of drug-likeness (QED) is 0.716. The number of alkyl halides is 1. The molecule has 0 radical (unpaired) electrons. The number of hydrogen-bond acceptors (Lipinski definition) is 3. The Bertz CT molecular complexity index is 628. The summed E-state index contributed by atoms with van der Waals surface area (Å²) in [4.78, 5) is 0. The fraction of sp³-hybridized carbons (Fsp3) is 0.400. The molecule has 0 amide bonds. The van der Waals surface area contributed by atoms with E-state index in [4.69, 9.17) is 21.1 Å². The van der Waals surface area contributed by atoms with Gasteiger partial charge in [0.05, 0.1) is 28.9 Å². The van der Waals surface area contributed by atoms with Gasteiger partial charge in [0.15, 0.2) is 0 Å². The first kappa shape index (κ1) is 16.2. The predicted molar refractivity (Wildman–Crippen MR) is 87.2 cm³/mol. The highest BCUT2D eigenvalue weighted by molar-refractivity contribution is 9.10. The molecular weight excluding hydrogens is 356 g/mol. The molecule has 2 aromatic rings. The van der Waals surface area contributed by atoms with Crippen LogP contribution in [0.15, 0.2) is 22.7 Å². The maximum absolute atomic E-state index is 5.97. The molecule has 0 fully saturated rings. The Labute approximate surface area is 138 Å². The van der Waals surface area contributed by atoms with Gasteiger partial charge < -0.3 is 9.47 Å². The minimum Gasteiger partial charge on any atom is -0.497 e. The molecule has 6 heteroatoms. The first-order valence-electron chi connectivity index (χ1n) is 6.66. The Balaban J connectivity index is 2.18. The summed E-state index contributed by atoms with van der Waals surface area (Å²) < 4.78 is 13.9. The first-order chi connectivity index (χ1) is 10.1. The number of methoxy groups -OCH3 is 1. The van der Waals surface area contributed by atoms with Crippen molar-refractivity contribution < 1.29 is 9.47 Å². The summed E-state index contributed by atoms with van der Waals surface area (Å²) in [6.07, 6.45) is 0.879. The number of nitrogens with zero attached hydrogens (tertiary/aromatic N) is 2. The second-order valence-corrected chi connectivity index (χ2v) is 5.64. The Morgan fingerprint density at radius 1 is 1.38 bits per heavy atom. The van der Waals surface area contributed by atoms with Crippen LogP contribution in [0.3, 0.4) is 0 Å². The van der Waals surface area contributed by atoms with Gasteiger partial charge >= 0.3 is 0 Å². The first-order valence-corrected chi connectivity index (χ1v) is 7.99. The van der Waals surface area contributed by atoms with Crippen molar-refractivity contribution in [1.29, 1.82) is 0 Å². The number of rotatable bonds is 6. The summed E-state index contributed by atoms with van der Waals surface area (Å²) in [5.74, 6) is 1.91. The molecule has 1 aromatic heterocycles. The topological polar surface area (TPSA) is 36.3 Å². The molecular formula is C15H18BrClN2O2. The Morgan fingerprint density at radius 3 is 2.71 bits per heavy atom. The van der Waals surface area contributed by atoms with E-state index in [-0.39, 0.29) is 0 Å². The van der Waals surface area contributed by atoms with E-state index < -0.39 is 0 Å². The van der Waals surface area contributed by atoms with E-state index in [9.17, 15) is 0 Å². The summed E-state index contributed by atoms with van der Waals surface area (Å²) >= 11 is 9.55. The lowest BCUT2D eigenvalue weighted by Gasteiger charge is -2.12. The van der Waals surface area contributed by atoms with E-state index in [1.165, 1.54) is 0 Å². The molecule has 21 heavy (non-hydrogen) atoms.